The summed E-state index contributed by atoms with van der Waals surface area (Å²) in [5, 5.41) is 3.22. The van der Waals surface area contributed by atoms with Crippen LogP contribution in [0.4, 0.5) is 0 Å². The van der Waals surface area contributed by atoms with E-state index >= 15 is 0 Å². The van der Waals surface area contributed by atoms with Gasteiger partial charge in [-0.05, 0) is 56.6 Å². The normalized spacial score (nSPS) is 26.9. The highest BCUT2D eigenvalue weighted by Crippen LogP contribution is 2.33. The van der Waals surface area contributed by atoms with E-state index in [4.69, 9.17) is 5.73 Å². The fourth-order valence-corrected chi connectivity index (χ4v) is 2.65. The summed E-state index contributed by atoms with van der Waals surface area (Å²) in [6, 6.07) is 0. The second kappa shape index (κ2) is 5.26. The molecule has 2 rings (SSSR count). The van der Waals surface area contributed by atoms with Gasteiger partial charge in [-0.25, -0.2) is 0 Å². The van der Waals surface area contributed by atoms with E-state index in [2.05, 4.69) is 31.0 Å². The van der Waals surface area contributed by atoms with Crippen molar-refractivity contribution in [2.24, 2.45) is 5.73 Å². The molecule has 0 amide bonds. The minimum atomic E-state index is 0.537. The standard InChI is InChI=1S/C15H22N2/c1-11-6-3-4-9-15(17-12(2)16)14-8-5-7-13(14)10-11/h9-10,17H,2-8,16H2,1H3/b11-10+,15-9-. The van der Waals surface area contributed by atoms with Gasteiger partial charge in [0.15, 0.2) is 0 Å². The molecule has 0 aromatic carbocycles. The van der Waals surface area contributed by atoms with Gasteiger partial charge in [0.25, 0.3) is 0 Å². The summed E-state index contributed by atoms with van der Waals surface area (Å²) in [5.41, 5.74) is 11.3. The molecule has 2 heteroatoms. The van der Waals surface area contributed by atoms with Crippen molar-refractivity contribution < 1.29 is 0 Å². The Morgan fingerprint density at radius 1 is 1.29 bits per heavy atom. The Bertz CT molecular complexity index is 411. The van der Waals surface area contributed by atoms with E-state index < -0.39 is 0 Å². The third-order valence-electron chi connectivity index (χ3n) is 3.43. The van der Waals surface area contributed by atoms with Gasteiger partial charge < -0.3 is 11.1 Å². The van der Waals surface area contributed by atoms with Gasteiger partial charge in [0.1, 0.15) is 0 Å². The molecule has 0 aromatic heterocycles. The molecule has 0 heterocycles. The van der Waals surface area contributed by atoms with E-state index in [0.717, 1.165) is 12.8 Å². The van der Waals surface area contributed by atoms with Crippen molar-refractivity contribution in [3.05, 3.63) is 47.0 Å². The largest absolute Gasteiger partial charge is 0.386 e. The number of allylic oxidation sites excluding steroid dienone is 5. The smallest absolute Gasteiger partial charge is 0.0930 e. The van der Waals surface area contributed by atoms with Gasteiger partial charge in [-0.1, -0.05) is 24.3 Å². The molecular formula is C15H22N2. The van der Waals surface area contributed by atoms with E-state index in [-0.39, 0.29) is 0 Å². The average Bonchev–Trinajstić information content (AvgIpc) is 2.70. The van der Waals surface area contributed by atoms with Gasteiger partial charge >= 0.3 is 0 Å². The summed E-state index contributed by atoms with van der Waals surface area (Å²) in [7, 11) is 0. The minimum Gasteiger partial charge on any atom is -0.386 e. The third-order valence-corrected chi connectivity index (χ3v) is 3.43. The quantitative estimate of drug-likeness (QED) is 0.762. The molecule has 0 radical (unpaired) electrons. The van der Waals surface area contributed by atoms with Gasteiger partial charge in [-0.2, -0.15) is 0 Å². The fourth-order valence-electron chi connectivity index (χ4n) is 2.65. The lowest BCUT2D eigenvalue weighted by atomic mass is 10.1. The van der Waals surface area contributed by atoms with E-state index in [1.165, 1.54) is 48.1 Å². The molecule has 0 fully saturated rings. The molecule has 2 aliphatic rings. The first kappa shape index (κ1) is 12.0. The zero-order chi connectivity index (χ0) is 12.3. The number of hydrogen-bond donors (Lipinski definition) is 2. The number of hydrogen-bond acceptors (Lipinski definition) is 2. The maximum atomic E-state index is 5.68. The summed E-state index contributed by atoms with van der Waals surface area (Å²) in [4.78, 5) is 0. The molecule has 0 aromatic rings. The van der Waals surface area contributed by atoms with Crippen LogP contribution in [0, 0.1) is 0 Å². The molecule has 0 bridgehead atoms. The SMILES string of the molecule is C=C(N)N/C1=C\CCC/C(C)=C/C2=C1CCC2. The maximum absolute atomic E-state index is 5.68. The number of nitrogens with one attached hydrogen (secondary N) is 1. The summed E-state index contributed by atoms with van der Waals surface area (Å²) in [6.45, 7) is 5.98. The number of nitrogens with two attached hydrogens (primary N) is 1. The Labute approximate surface area is 104 Å². The van der Waals surface area contributed by atoms with Crippen molar-refractivity contribution in [2.75, 3.05) is 0 Å². The van der Waals surface area contributed by atoms with Gasteiger partial charge in [0.05, 0.1) is 5.82 Å². The molecule has 2 nitrogen and oxygen atoms in total. The van der Waals surface area contributed by atoms with Gasteiger partial charge in [-0.15, -0.1) is 0 Å². The summed E-state index contributed by atoms with van der Waals surface area (Å²) in [6.07, 6.45) is 11.8. The van der Waals surface area contributed by atoms with Crippen LogP contribution >= 0.6 is 0 Å². The van der Waals surface area contributed by atoms with Gasteiger partial charge in [0.2, 0.25) is 0 Å². The molecule has 92 valence electrons. The first-order valence-corrected chi connectivity index (χ1v) is 6.48. The molecule has 17 heavy (non-hydrogen) atoms. The highest BCUT2D eigenvalue weighted by molar-refractivity contribution is 5.44. The van der Waals surface area contributed by atoms with E-state index in [1.807, 2.05) is 0 Å². The first-order chi connectivity index (χ1) is 8.16. The lowest BCUT2D eigenvalue weighted by Crippen LogP contribution is -2.19. The van der Waals surface area contributed by atoms with Crippen molar-refractivity contribution in [3.8, 4) is 0 Å². The van der Waals surface area contributed by atoms with E-state index in [9.17, 15) is 0 Å². The molecule has 0 atom stereocenters. The molecule has 0 saturated heterocycles. The predicted octanol–water partition coefficient (Wildman–Crippen LogP) is 3.50. The molecular weight excluding hydrogens is 208 g/mol. The Morgan fingerprint density at radius 3 is 2.88 bits per heavy atom. The van der Waals surface area contributed by atoms with Crippen LogP contribution in [0.2, 0.25) is 0 Å². The highest BCUT2D eigenvalue weighted by Gasteiger charge is 2.17. The summed E-state index contributed by atoms with van der Waals surface area (Å²) in [5.74, 6) is 0.537. The Morgan fingerprint density at radius 2 is 2.12 bits per heavy atom. The topological polar surface area (TPSA) is 38.0 Å². The van der Waals surface area contributed by atoms with Crippen LogP contribution in [0.5, 0.6) is 0 Å². The molecule has 0 unspecified atom stereocenters. The summed E-state index contributed by atoms with van der Waals surface area (Å²) >= 11 is 0. The average molecular weight is 230 g/mol. The van der Waals surface area contributed by atoms with Crippen LogP contribution in [0.25, 0.3) is 0 Å². The first-order valence-electron chi connectivity index (χ1n) is 6.48. The third kappa shape index (κ3) is 3.02. The molecule has 3 N–H and O–H groups in total. The van der Waals surface area contributed by atoms with Crippen molar-refractivity contribution in [1.82, 2.24) is 5.32 Å². The zero-order valence-electron chi connectivity index (χ0n) is 10.7. The Hall–Kier alpha value is -1.44. The van der Waals surface area contributed by atoms with Crippen molar-refractivity contribution in [1.29, 1.82) is 0 Å². The Balaban J connectivity index is 2.34. The van der Waals surface area contributed by atoms with Crippen LogP contribution in [0.3, 0.4) is 0 Å². The molecule has 0 spiro atoms. The maximum Gasteiger partial charge on any atom is 0.0930 e. The molecule has 2 aliphatic carbocycles. The monoisotopic (exact) mass is 230 g/mol. The zero-order valence-corrected chi connectivity index (χ0v) is 10.7. The number of rotatable bonds is 2. The van der Waals surface area contributed by atoms with Crippen LogP contribution in [0.1, 0.15) is 45.4 Å². The van der Waals surface area contributed by atoms with Crippen LogP contribution in [-0.2, 0) is 0 Å². The van der Waals surface area contributed by atoms with Crippen LogP contribution in [-0.4, -0.2) is 0 Å². The van der Waals surface area contributed by atoms with Crippen LogP contribution in [0.15, 0.2) is 47.0 Å². The Kier molecular flexibility index (Phi) is 3.72. The van der Waals surface area contributed by atoms with Gasteiger partial charge in [0, 0.05) is 5.70 Å². The lowest BCUT2D eigenvalue weighted by Gasteiger charge is -2.13. The van der Waals surface area contributed by atoms with Gasteiger partial charge in [-0.3, -0.25) is 0 Å². The lowest BCUT2D eigenvalue weighted by molar-refractivity contribution is 0.811. The summed E-state index contributed by atoms with van der Waals surface area (Å²) < 4.78 is 0. The van der Waals surface area contributed by atoms with Crippen molar-refractivity contribution >= 4 is 0 Å². The van der Waals surface area contributed by atoms with E-state index in [0.29, 0.717) is 5.82 Å². The fraction of sp³-hybridized carbons (Fsp3) is 0.467. The van der Waals surface area contributed by atoms with Crippen molar-refractivity contribution in [2.45, 2.75) is 45.4 Å². The minimum absolute atomic E-state index is 0.537. The van der Waals surface area contributed by atoms with E-state index in [1.54, 1.807) is 0 Å². The highest BCUT2D eigenvalue weighted by atomic mass is 15.0. The second-order valence-electron chi connectivity index (χ2n) is 5.01. The molecule has 0 aliphatic heterocycles. The van der Waals surface area contributed by atoms with Crippen LogP contribution < -0.4 is 11.1 Å². The second-order valence-corrected chi connectivity index (χ2v) is 5.01. The predicted molar refractivity (Wildman–Crippen MR) is 73.0 cm³/mol. The van der Waals surface area contributed by atoms with Crippen molar-refractivity contribution in [3.63, 3.8) is 0 Å². The molecule has 0 saturated carbocycles.